The van der Waals surface area contributed by atoms with E-state index in [1.54, 1.807) is 62.9 Å². The number of ether oxygens (including phenoxy) is 3. The molecule has 10 heteroatoms. The predicted octanol–water partition coefficient (Wildman–Crippen LogP) is 5.49. The molecule has 0 unspecified atom stereocenters. The Morgan fingerprint density at radius 3 is 2.33 bits per heavy atom. The number of nitrogens with one attached hydrogen (secondary N) is 1. The van der Waals surface area contributed by atoms with E-state index in [9.17, 15) is 9.18 Å². The van der Waals surface area contributed by atoms with Gasteiger partial charge in [0.25, 0.3) is 0 Å². The summed E-state index contributed by atoms with van der Waals surface area (Å²) in [6, 6.07) is 17.6. The van der Waals surface area contributed by atoms with E-state index in [-0.39, 0.29) is 17.6 Å². The molecule has 1 amide bonds. The molecule has 0 saturated heterocycles. The third-order valence-electron chi connectivity index (χ3n) is 5.26. The number of benzene rings is 3. The fourth-order valence-electron chi connectivity index (χ4n) is 3.48. The zero-order chi connectivity index (χ0) is 25.1. The average molecular weight is 486 g/mol. The van der Waals surface area contributed by atoms with Crippen LogP contribution in [0.15, 0.2) is 77.3 Å². The number of nitrogens with zero attached hydrogens (tertiary/aromatic N) is 3. The zero-order valence-corrected chi connectivity index (χ0v) is 19.2. The predicted molar refractivity (Wildman–Crippen MR) is 129 cm³/mol. The summed E-state index contributed by atoms with van der Waals surface area (Å²) in [4.78, 5) is 16.9. The number of aromatic nitrogens is 3. The molecule has 2 heterocycles. The maximum Gasteiger partial charge on any atom is 0.313 e. The number of carbonyl (C=O) groups excluding carboxylic acids is 1. The highest BCUT2D eigenvalue weighted by Gasteiger charge is 2.17. The molecule has 5 aromatic rings. The number of amides is 1. The largest absolute Gasteiger partial charge is 0.493 e. The van der Waals surface area contributed by atoms with Crippen LogP contribution in [0.2, 0.25) is 0 Å². The lowest BCUT2D eigenvalue weighted by molar-refractivity contribution is 0.0991. The lowest BCUT2D eigenvalue weighted by Crippen LogP contribution is -2.12. The van der Waals surface area contributed by atoms with Crippen molar-refractivity contribution in [2.75, 3.05) is 19.5 Å². The minimum absolute atomic E-state index is 0.114. The molecule has 1 N–H and O–H groups in total. The van der Waals surface area contributed by atoms with Crippen LogP contribution in [0.4, 0.5) is 10.1 Å². The van der Waals surface area contributed by atoms with E-state index in [0.717, 1.165) is 5.39 Å². The molecule has 0 radical (unpaired) electrons. The number of anilines is 1. The van der Waals surface area contributed by atoms with Crippen LogP contribution in [0.5, 0.6) is 23.0 Å². The van der Waals surface area contributed by atoms with Gasteiger partial charge in [0.1, 0.15) is 17.3 Å². The molecule has 3 aromatic carbocycles. The number of methoxy groups -OCH3 is 2. The van der Waals surface area contributed by atoms with Crippen LogP contribution >= 0.6 is 0 Å². The van der Waals surface area contributed by atoms with E-state index in [0.29, 0.717) is 39.8 Å². The number of hydrogen-bond acceptors (Lipinski definition) is 8. The number of pyridine rings is 1. The second-order valence-corrected chi connectivity index (χ2v) is 7.53. The molecular weight excluding hydrogens is 467 g/mol. The van der Waals surface area contributed by atoms with Crippen LogP contribution in [-0.2, 0) is 0 Å². The van der Waals surface area contributed by atoms with Crippen molar-refractivity contribution in [3.63, 3.8) is 0 Å². The highest BCUT2D eigenvalue weighted by Crippen LogP contribution is 2.37. The van der Waals surface area contributed by atoms with Crippen molar-refractivity contribution >= 4 is 22.5 Å². The van der Waals surface area contributed by atoms with Crippen molar-refractivity contribution in [3.8, 4) is 34.5 Å². The Balaban J connectivity index is 1.30. The van der Waals surface area contributed by atoms with Crippen molar-refractivity contribution in [2.45, 2.75) is 0 Å². The summed E-state index contributed by atoms with van der Waals surface area (Å²) in [6.07, 6.45) is 1.64. The first-order chi connectivity index (χ1) is 17.5. The Hall–Kier alpha value is -4.99. The van der Waals surface area contributed by atoms with Crippen LogP contribution in [0.25, 0.3) is 22.4 Å². The molecule has 0 atom stereocenters. The first kappa shape index (κ1) is 22.8. The number of halogens is 1. The fraction of sp³-hybridized carbons (Fsp3) is 0.0769. The van der Waals surface area contributed by atoms with E-state index in [4.69, 9.17) is 18.6 Å². The van der Waals surface area contributed by atoms with E-state index in [1.165, 1.54) is 24.3 Å². The van der Waals surface area contributed by atoms with Gasteiger partial charge < -0.3 is 23.9 Å². The molecule has 5 rings (SSSR count). The summed E-state index contributed by atoms with van der Waals surface area (Å²) in [6.45, 7) is 0. The molecule has 0 fully saturated rings. The van der Waals surface area contributed by atoms with Gasteiger partial charge >= 0.3 is 11.8 Å². The summed E-state index contributed by atoms with van der Waals surface area (Å²) >= 11 is 0. The first-order valence-electron chi connectivity index (χ1n) is 10.7. The zero-order valence-electron chi connectivity index (χ0n) is 19.2. The van der Waals surface area contributed by atoms with Crippen LogP contribution < -0.4 is 19.5 Å². The normalized spacial score (nSPS) is 10.8. The van der Waals surface area contributed by atoms with Crippen molar-refractivity contribution in [3.05, 3.63) is 84.6 Å². The van der Waals surface area contributed by atoms with Gasteiger partial charge in [-0.2, -0.15) is 0 Å². The molecule has 0 aliphatic carbocycles. The van der Waals surface area contributed by atoms with Crippen LogP contribution in [0.1, 0.15) is 10.7 Å². The van der Waals surface area contributed by atoms with Crippen molar-refractivity contribution in [1.29, 1.82) is 0 Å². The smallest absolute Gasteiger partial charge is 0.313 e. The standard InChI is InChI=1S/C26H19FN4O5/c1-33-22-13-19-20(14-23(22)34-2)28-12-11-21(19)35-18-9-7-17(8-10-18)29-24(32)26-31-30-25(36-26)15-3-5-16(27)6-4-15/h3-14H,1-2H3,(H,29,32). The molecule has 180 valence electrons. The van der Waals surface area contributed by atoms with Gasteiger partial charge in [0.05, 0.1) is 19.7 Å². The van der Waals surface area contributed by atoms with Gasteiger partial charge in [0.15, 0.2) is 11.5 Å². The molecule has 0 saturated carbocycles. The van der Waals surface area contributed by atoms with Crippen molar-refractivity contribution < 1.29 is 27.8 Å². The SMILES string of the molecule is COc1cc2nccc(Oc3ccc(NC(=O)c4nnc(-c5ccc(F)cc5)o4)cc3)c2cc1OC. The van der Waals surface area contributed by atoms with Gasteiger partial charge in [-0.3, -0.25) is 9.78 Å². The highest BCUT2D eigenvalue weighted by atomic mass is 19.1. The van der Waals surface area contributed by atoms with E-state index < -0.39 is 5.91 Å². The molecule has 0 spiro atoms. The third-order valence-corrected chi connectivity index (χ3v) is 5.26. The molecule has 0 aliphatic heterocycles. The Kier molecular flexibility index (Phi) is 6.14. The molecule has 0 bridgehead atoms. The van der Waals surface area contributed by atoms with Crippen molar-refractivity contribution in [1.82, 2.24) is 15.2 Å². The molecule has 2 aromatic heterocycles. The van der Waals surface area contributed by atoms with E-state index in [2.05, 4.69) is 20.5 Å². The lowest BCUT2D eigenvalue weighted by atomic mass is 10.2. The quantitative estimate of drug-likeness (QED) is 0.322. The van der Waals surface area contributed by atoms with Crippen LogP contribution in [-0.4, -0.2) is 35.3 Å². The number of hydrogen-bond donors (Lipinski definition) is 1. The average Bonchev–Trinajstić information content (AvgIpc) is 3.40. The number of fused-ring (bicyclic) bond motifs is 1. The maximum atomic E-state index is 13.1. The maximum absolute atomic E-state index is 13.1. The molecular formula is C26H19FN4O5. The van der Waals surface area contributed by atoms with Crippen LogP contribution in [0, 0.1) is 5.82 Å². The van der Waals surface area contributed by atoms with Gasteiger partial charge in [0, 0.05) is 28.9 Å². The van der Waals surface area contributed by atoms with Crippen molar-refractivity contribution in [2.24, 2.45) is 0 Å². The van der Waals surface area contributed by atoms with Gasteiger partial charge in [-0.25, -0.2) is 4.39 Å². The molecule has 36 heavy (non-hydrogen) atoms. The highest BCUT2D eigenvalue weighted by molar-refractivity contribution is 6.01. The molecule has 9 nitrogen and oxygen atoms in total. The Morgan fingerprint density at radius 2 is 1.61 bits per heavy atom. The fourth-order valence-corrected chi connectivity index (χ4v) is 3.48. The Bertz CT molecular complexity index is 1540. The summed E-state index contributed by atoms with van der Waals surface area (Å²) in [5.41, 5.74) is 1.69. The topological polar surface area (TPSA) is 109 Å². The van der Waals surface area contributed by atoms with Gasteiger partial charge in [-0.05, 0) is 60.7 Å². The van der Waals surface area contributed by atoms with Crippen LogP contribution in [0.3, 0.4) is 0 Å². The van der Waals surface area contributed by atoms with Gasteiger partial charge in [-0.15, -0.1) is 10.2 Å². The van der Waals surface area contributed by atoms with E-state index >= 15 is 0 Å². The lowest BCUT2D eigenvalue weighted by Gasteiger charge is -2.12. The summed E-state index contributed by atoms with van der Waals surface area (Å²) in [5, 5.41) is 11.1. The minimum atomic E-state index is -0.578. The molecule has 0 aliphatic rings. The second-order valence-electron chi connectivity index (χ2n) is 7.53. The monoisotopic (exact) mass is 486 g/mol. The number of rotatable bonds is 7. The van der Waals surface area contributed by atoms with Gasteiger partial charge in [0.2, 0.25) is 5.89 Å². The minimum Gasteiger partial charge on any atom is -0.493 e. The first-order valence-corrected chi connectivity index (χ1v) is 10.7. The summed E-state index contributed by atoms with van der Waals surface area (Å²) in [7, 11) is 3.12. The third kappa shape index (κ3) is 4.64. The number of carbonyl (C=O) groups is 1. The Morgan fingerprint density at radius 1 is 0.889 bits per heavy atom. The Labute approximate surface area is 204 Å². The van der Waals surface area contributed by atoms with E-state index in [1.807, 2.05) is 0 Å². The summed E-state index contributed by atoms with van der Waals surface area (Å²) < 4.78 is 35.3. The second kappa shape index (κ2) is 9.71. The summed E-state index contributed by atoms with van der Waals surface area (Å²) in [5.74, 6) is 1.19. The van der Waals surface area contributed by atoms with Gasteiger partial charge in [-0.1, -0.05) is 0 Å².